The maximum Gasteiger partial charge on any atom is 0.244 e. The second-order valence-corrected chi connectivity index (χ2v) is 10.7. The van der Waals surface area contributed by atoms with Crippen LogP contribution in [0.25, 0.3) is 0 Å². The summed E-state index contributed by atoms with van der Waals surface area (Å²) in [7, 11) is 0. The normalized spacial score (nSPS) is 11.5. The molecule has 0 aromatic carbocycles. The lowest BCUT2D eigenvalue weighted by molar-refractivity contribution is -0.210. The third kappa shape index (κ3) is 28.5. The molecule has 0 aliphatic heterocycles. The highest BCUT2D eigenvalue weighted by Gasteiger charge is 2.25. The van der Waals surface area contributed by atoms with Crippen LogP contribution < -0.4 is 22.4 Å². The first kappa shape index (κ1) is 37.2. The van der Waals surface area contributed by atoms with Gasteiger partial charge in [0.1, 0.15) is 0 Å². The monoisotopic (exact) mass is 561 g/mol. The first-order chi connectivity index (χ1) is 16.7. The topological polar surface area (TPSA) is 44.0 Å². The predicted octanol–water partition coefficient (Wildman–Crippen LogP) is 5.97. The fraction of sp³-hybridized carbons (Fsp3) is 0.968. The molecule has 0 saturated carbocycles. The van der Waals surface area contributed by atoms with Gasteiger partial charge < -0.3 is 26.5 Å². The van der Waals surface area contributed by atoms with Gasteiger partial charge in [-0.3, -0.25) is 5.41 Å². The molecule has 212 valence electrons. The maximum atomic E-state index is 5.97. The van der Waals surface area contributed by atoms with Crippen LogP contribution in [0.1, 0.15) is 175 Å². The SMILES string of the molecule is CCCCCCCCCCCCCCOC(C)(C=[NH2+])OCCCCCCCCCCCCCC.[Br-]. The third-order valence-electron chi connectivity index (χ3n) is 7.08. The van der Waals surface area contributed by atoms with E-state index >= 15 is 0 Å². The van der Waals surface area contributed by atoms with Crippen LogP contribution in [0.4, 0.5) is 0 Å². The van der Waals surface area contributed by atoms with Crippen molar-refractivity contribution in [1.82, 2.24) is 0 Å². The van der Waals surface area contributed by atoms with E-state index in [2.05, 4.69) is 13.8 Å². The van der Waals surface area contributed by atoms with Gasteiger partial charge in [-0.2, -0.15) is 0 Å². The molecule has 0 atom stereocenters. The molecule has 2 N–H and O–H groups in total. The second kappa shape index (κ2) is 30.3. The Labute approximate surface area is 231 Å². The summed E-state index contributed by atoms with van der Waals surface area (Å²) >= 11 is 0. The average molecular weight is 563 g/mol. The largest absolute Gasteiger partial charge is 1.00 e. The highest BCUT2D eigenvalue weighted by atomic mass is 79.9. The zero-order chi connectivity index (χ0) is 25.0. The number of nitrogens with two attached hydrogens (primary N) is 1. The molecule has 35 heavy (non-hydrogen) atoms. The minimum atomic E-state index is -0.727. The molecule has 0 fully saturated rings. The molecule has 0 radical (unpaired) electrons. The molecule has 0 aliphatic carbocycles. The van der Waals surface area contributed by atoms with Gasteiger partial charge in [0, 0.05) is 0 Å². The van der Waals surface area contributed by atoms with E-state index in [0.29, 0.717) is 0 Å². The fourth-order valence-electron chi connectivity index (χ4n) is 4.57. The van der Waals surface area contributed by atoms with E-state index in [4.69, 9.17) is 14.9 Å². The minimum absolute atomic E-state index is 0. The van der Waals surface area contributed by atoms with E-state index in [-0.39, 0.29) is 17.0 Å². The lowest BCUT2D eigenvalue weighted by Crippen LogP contribution is -3.00. The number of unbranched alkanes of at least 4 members (excludes halogenated alkanes) is 22. The number of halogens is 1. The molecule has 0 heterocycles. The highest BCUT2D eigenvalue weighted by molar-refractivity contribution is 5.59. The molecule has 0 saturated heterocycles. The summed E-state index contributed by atoms with van der Waals surface area (Å²) in [5.74, 6) is -0.727. The van der Waals surface area contributed by atoms with Gasteiger partial charge in [-0.1, -0.05) is 155 Å². The van der Waals surface area contributed by atoms with E-state index in [0.717, 1.165) is 26.1 Å². The van der Waals surface area contributed by atoms with E-state index in [1.807, 2.05) is 6.92 Å². The summed E-state index contributed by atoms with van der Waals surface area (Å²) in [6.07, 6.45) is 34.2. The first-order valence-corrected chi connectivity index (χ1v) is 15.5. The molecular formula is C31H64BrNO2. The summed E-state index contributed by atoms with van der Waals surface area (Å²) in [5.41, 5.74) is 0. The Morgan fingerprint density at radius 3 is 0.914 bits per heavy atom. The Kier molecular flexibility index (Phi) is 32.2. The Balaban J connectivity index is 0. The van der Waals surface area contributed by atoms with Crippen molar-refractivity contribution in [3.63, 3.8) is 0 Å². The summed E-state index contributed by atoms with van der Waals surface area (Å²) < 4.78 is 11.9. The van der Waals surface area contributed by atoms with E-state index in [1.165, 1.54) is 141 Å². The molecule has 0 aromatic rings. The average Bonchev–Trinajstić information content (AvgIpc) is 2.85. The zero-order valence-corrected chi connectivity index (χ0v) is 25.8. The second-order valence-electron chi connectivity index (χ2n) is 10.7. The van der Waals surface area contributed by atoms with Crippen molar-refractivity contribution in [2.45, 2.75) is 181 Å². The Morgan fingerprint density at radius 1 is 0.457 bits per heavy atom. The van der Waals surface area contributed by atoms with Crippen LogP contribution in [-0.2, 0) is 9.47 Å². The summed E-state index contributed by atoms with van der Waals surface area (Å²) in [6.45, 7) is 7.99. The molecule has 0 unspecified atom stereocenters. The van der Waals surface area contributed by atoms with Crippen LogP contribution in [0.5, 0.6) is 0 Å². The van der Waals surface area contributed by atoms with Crippen molar-refractivity contribution in [3.05, 3.63) is 0 Å². The summed E-state index contributed by atoms with van der Waals surface area (Å²) in [5, 5.41) is 5.83. The van der Waals surface area contributed by atoms with Crippen LogP contribution in [0.3, 0.4) is 0 Å². The van der Waals surface area contributed by atoms with E-state index < -0.39 is 5.79 Å². The summed E-state index contributed by atoms with van der Waals surface area (Å²) in [6, 6.07) is 0. The molecule has 3 nitrogen and oxygen atoms in total. The van der Waals surface area contributed by atoms with Crippen LogP contribution in [-0.4, -0.2) is 25.2 Å². The van der Waals surface area contributed by atoms with Gasteiger partial charge >= 0.3 is 0 Å². The molecule has 0 amide bonds. The van der Waals surface area contributed by atoms with Gasteiger partial charge in [0.25, 0.3) is 0 Å². The van der Waals surface area contributed by atoms with E-state index in [1.54, 1.807) is 6.21 Å². The lowest BCUT2D eigenvalue weighted by atomic mass is 10.1. The van der Waals surface area contributed by atoms with Gasteiger partial charge in [-0.25, -0.2) is 0 Å². The molecule has 0 aliphatic rings. The zero-order valence-electron chi connectivity index (χ0n) is 24.2. The quantitative estimate of drug-likeness (QED) is 0.0694. The van der Waals surface area contributed by atoms with Crippen LogP contribution >= 0.6 is 0 Å². The van der Waals surface area contributed by atoms with Gasteiger partial charge in [0.05, 0.1) is 13.2 Å². The van der Waals surface area contributed by atoms with Crippen molar-refractivity contribution in [1.29, 1.82) is 0 Å². The van der Waals surface area contributed by atoms with Crippen LogP contribution in [0.2, 0.25) is 0 Å². The fourth-order valence-corrected chi connectivity index (χ4v) is 4.57. The van der Waals surface area contributed by atoms with Crippen molar-refractivity contribution in [2.75, 3.05) is 13.2 Å². The molecular weight excluding hydrogens is 498 g/mol. The Hall–Kier alpha value is 0.0700. The van der Waals surface area contributed by atoms with Gasteiger partial charge in [0.2, 0.25) is 5.79 Å². The van der Waals surface area contributed by atoms with Gasteiger partial charge in [-0.05, 0) is 19.8 Å². The van der Waals surface area contributed by atoms with Crippen molar-refractivity contribution in [3.8, 4) is 0 Å². The van der Waals surface area contributed by atoms with Crippen molar-refractivity contribution in [2.24, 2.45) is 0 Å². The first-order valence-electron chi connectivity index (χ1n) is 15.5. The Morgan fingerprint density at radius 2 is 0.686 bits per heavy atom. The smallest absolute Gasteiger partial charge is 0.244 e. The number of hydrogen-bond donors (Lipinski definition) is 1. The molecule has 0 rings (SSSR count). The van der Waals surface area contributed by atoms with Crippen molar-refractivity contribution < 1.29 is 31.9 Å². The van der Waals surface area contributed by atoms with Crippen LogP contribution in [0.15, 0.2) is 0 Å². The van der Waals surface area contributed by atoms with Crippen LogP contribution in [0, 0.1) is 0 Å². The predicted molar refractivity (Wildman–Crippen MR) is 150 cm³/mol. The molecule has 0 bridgehead atoms. The lowest BCUT2D eigenvalue weighted by Gasteiger charge is -2.23. The van der Waals surface area contributed by atoms with Gasteiger partial charge in [0.15, 0.2) is 6.21 Å². The highest BCUT2D eigenvalue weighted by Crippen LogP contribution is 2.15. The number of rotatable bonds is 29. The molecule has 0 spiro atoms. The maximum absolute atomic E-state index is 5.97. The molecule has 4 heteroatoms. The number of hydrogen-bond acceptors (Lipinski definition) is 2. The number of ether oxygens (including phenoxy) is 2. The van der Waals surface area contributed by atoms with Gasteiger partial charge in [-0.15, -0.1) is 0 Å². The van der Waals surface area contributed by atoms with Crippen molar-refractivity contribution >= 4 is 6.21 Å². The minimum Gasteiger partial charge on any atom is -1.00 e. The Bertz CT molecular complexity index is 375. The standard InChI is InChI=1S/C31H63NO2.BrH/c1-4-6-8-10-12-14-16-18-20-22-24-26-28-33-31(3,30-32)34-29-27-25-23-21-19-17-15-13-11-9-7-5-2;/h30,32H,4-29H2,1-3H3;1H. The summed E-state index contributed by atoms with van der Waals surface area (Å²) in [4.78, 5) is 0. The van der Waals surface area contributed by atoms with E-state index in [9.17, 15) is 0 Å². The third-order valence-corrected chi connectivity index (χ3v) is 7.08. The molecule has 0 aromatic heterocycles.